The second-order valence-electron chi connectivity index (χ2n) is 2.49. The van der Waals surface area contributed by atoms with Crippen LogP contribution in [0, 0.1) is 18.3 Å². The van der Waals surface area contributed by atoms with Gasteiger partial charge in [0.15, 0.2) is 5.92 Å². The largest absolute Gasteiger partial charge is 0.465 e. The third-order valence-corrected chi connectivity index (χ3v) is 2.31. The van der Waals surface area contributed by atoms with Crippen LogP contribution < -0.4 is 0 Å². The molecule has 1 aromatic heterocycles. The number of hydrogen-bond donors (Lipinski definition) is 0. The lowest BCUT2D eigenvalue weighted by molar-refractivity contribution is -0.143. The monoisotopic (exact) mass is 211 g/mol. The molecule has 0 spiro atoms. The van der Waals surface area contributed by atoms with E-state index < -0.39 is 11.9 Å². The van der Waals surface area contributed by atoms with Crippen LogP contribution in [0.2, 0.25) is 0 Å². The zero-order chi connectivity index (χ0) is 10.6. The maximum atomic E-state index is 11.3. The molecule has 0 saturated carbocycles. The molecule has 0 aliphatic rings. The maximum absolute atomic E-state index is 11.3. The number of ether oxygens (including phenoxy) is 1. The SMILES string of the molecule is CCOC(=O)C(C#N)c1nc(C)ns1. The van der Waals surface area contributed by atoms with E-state index in [1.54, 1.807) is 13.8 Å². The molecule has 1 atom stereocenters. The molecule has 74 valence electrons. The Bertz CT molecular complexity index is 369. The molecular weight excluding hydrogens is 202 g/mol. The van der Waals surface area contributed by atoms with E-state index in [1.165, 1.54) is 0 Å². The smallest absolute Gasteiger partial charge is 0.330 e. The van der Waals surface area contributed by atoms with E-state index in [4.69, 9.17) is 10.00 Å². The molecule has 14 heavy (non-hydrogen) atoms. The van der Waals surface area contributed by atoms with Crippen LogP contribution in [0.4, 0.5) is 0 Å². The molecule has 5 nitrogen and oxygen atoms in total. The van der Waals surface area contributed by atoms with Gasteiger partial charge in [-0.25, -0.2) is 4.98 Å². The van der Waals surface area contributed by atoms with Gasteiger partial charge in [0, 0.05) is 0 Å². The average Bonchev–Trinajstić information content (AvgIpc) is 2.54. The molecule has 0 saturated heterocycles. The van der Waals surface area contributed by atoms with Crippen molar-refractivity contribution in [2.24, 2.45) is 0 Å². The van der Waals surface area contributed by atoms with Crippen LogP contribution in [-0.2, 0) is 9.53 Å². The van der Waals surface area contributed by atoms with E-state index in [0.717, 1.165) is 11.5 Å². The fourth-order valence-electron chi connectivity index (χ4n) is 0.865. The minimum absolute atomic E-state index is 0.259. The summed E-state index contributed by atoms with van der Waals surface area (Å²) < 4.78 is 8.64. The van der Waals surface area contributed by atoms with Gasteiger partial charge in [0.25, 0.3) is 0 Å². The van der Waals surface area contributed by atoms with Gasteiger partial charge in [0.1, 0.15) is 10.8 Å². The van der Waals surface area contributed by atoms with Gasteiger partial charge in [-0.1, -0.05) is 0 Å². The molecule has 1 rings (SSSR count). The Labute approximate surface area is 85.5 Å². The summed E-state index contributed by atoms with van der Waals surface area (Å²) in [4.78, 5) is 15.2. The summed E-state index contributed by atoms with van der Waals surface area (Å²) in [5, 5.41) is 9.17. The van der Waals surface area contributed by atoms with Crippen LogP contribution in [0.5, 0.6) is 0 Å². The van der Waals surface area contributed by atoms with E-state index >= 15 is 0 Å². The first-order valence-corrected chi connectivity index (χ1v) is 4.82. The minimum Gasteiger partial charge on any atom is -0.465 e. The topological polar surface area (TPSA) is 75.9 Å². The van der Waals surface area contributed by atoms with E-state index in [1.807, 2.05) is 6.07 Å². The highest BCUT2D eigenvalue weighted by atomic mass is 32.1. The number of hydrogen-bond acceptors (Lipinski definition) is 6. The number of aryl methyl sites for hydroxylation is 1. The van der Waals surface area contributed by atoms with Crippen LogP contribution in [0.1, 0.15) is 23.7 Å². The van der Waals surface area contributed by atoms with Crippen LogP contribution in [-0.4, -0.2) is 21.9 Å². The molecule has 6 heteroatoms. The summed E-state index contributed by atoms with van der Waals surface area (Å²) in [6.07, 6.45) is 0. The van der Waals surface area contributed by atoms with Crippen LogP contribution in [0.3, 0.4) is 0 Å². The highest BCUT2D eigenvalue weighted by Crippen LogP contribution is 2.18. The Morgan fingerprint density at radius 1 is 1.79 bits per heavy atom. The molecule has 0 aliphatic heterocycles. The molecule has 0 aromatic carbocycles. The zero-order valence-electron chi connectivity index (χ0n) is 7.85. The van der Waals surface area contributed by atoms with Gasteiger partial charge in [-0.2, -0.15) is 9.64 Å². The van der Waals surface area contributed by atoms with Gasteiger partial charge in [-0.05, 0) is 25.4 Å². The van der Waals surface area contributed by atoms with Crippen molar-refractivity contribution in [1.82, 2.24) is 9.36 Å². The molecule has 1 aromatic rings. The van der Waals surface area contributed by atoms with E-state index in [2.05, 4.69) is 9.36 Å². The van der Waals surface area contributed by atoms with Crippen LogP contribution >= 0.6 is 11.5 Å². The highest BCUT2D eigenvalue weighted by Gasteiger charge is 2.25. The van der Waals surface area contributed by atoms with Gasteiger partial charge in [-0.3, -0.25) is 4.79 Å². The molecule has 0 aliphatic carbocycles. The van der Waals surface area contributed by atoms with Crippen molar-refractivity contribution in [3.05, 3.63) is 10.8 Å². The van der Waals surface area contributed by atoms with Crippen LogP contribution in [0.15, 0.2) is 0 Å². The number of carbonyl (C=O) groups excluding carboxylic acids is 1. The lowest BCUT2D eigenvalue weighted by atomic mass is 10.2. The predicted octanol–water partition coefficient (Wildman–Crippen LogP) is 1.02. The van der Waals surface area contributed by atoms with E-state index in [0.29, 0.717) is 10.8 Å². The first-order valence-electron chi connectivity index (χ1n) is 4.05. The van der Waals surface area contributed by atoms with Crippen molar-refractivity contribution >= 4 is 17.5 Å². The maximum Gasteiger partial charge on any atom is 0.330 e. The number of esters is 1. The highest BCUT2D eigenvalue weighted by molar-refractivity contribution is 7.05. The summed E-state index contributed by atoms with van der Waals surface area (Å²) in [6, 6.07) is 1.85. The third-order valence-electron chi connectivity index (χ3n) is 1.44. The summed E-state index contributed by atoms with van der Waals surface area (Å²) in [6.45, 7) is 3.66. The van der Waals surface area contributed by atoms with Gasteiger partial charge in [0.2, 0.25) is 0 Å². The number of rotatable bonds is 3. The molecule has 1 unspecified atom stereocenters. The fraction of sp³-hybridized carbons (Fsp3) is 0.500. The zero-order valence-corrected chi connectivity index (χ0v) is 8.67. The van der Waals surface area contributed by atoms with E-state index in [-0.39, 0.29) is 6.61 Å². The summed E-state index contributed by atoms with van der Waals surface area (Å²) >= 11 is 1.05. The molecule has 0 amide bonds. The van der Waals surface area contributed by atoms with Crippen molar-refractivity contribution in [3.8, 4) is 6.07 Å². The Balaban J connectivity index is 2.83. The Morgan fingerprint density at radius 2 is 2.50 bits per heavy atom. The lowest BCUT2D eigenvalue weighted by Gasteiger charge is -2.03. The first kappa shape index (κ1) is 10.6. The average molecular weight is 211 g/mol. The van der Waals surface area contributed by atoms with Gasteiger partial charge in [0.05, 0.1) is 12.7 Å². The Kier molecular flexibility index (Phi) is 3.54. The van der Waals surface area contributed by atoms with Gasteiger partial charge < -0.3 is 4.74 Å². The lowest BCUT2D eigenvalue weighted by Crippen LogP contribution is -2.14. The molecule has 0 bridgehead atoms. The van der Waals surface area contributed by atoms with E-state index in [9.17, 15) is 4.79 Å². The molecule has 0 N–H and O–H groups in total. The van der Waals surface area contributed by atoms with Gasteiger partial charge >= 0.3 is 5.97 Å². The van der Waals surface area contributed by atoms with Crippen molar-refractivity contribution in [2.45, 2.75) is 19.8 Å². The first-order chi connectivity index (χ1) is 6.69. The molecular formula is C8H9N3O2S. The number of aromatic nitrogens is 2. The summed E-state index contributed by atoms with van der Waals surface area (Å²) in [7, 11) is 0. The Hall–Kier alpha value is -1.48. The molecule has 0 fully saturated rings. The van der Waals surface area contributed by atoms with Crippen molar-refractivity contribution in [1.29, 1.82) is 5.26 Å². The minimum atomic E-state index is -0.943. The number of nitrogens with zero attached hydrogens (tertiary/aromatic N) is 3. The standard InChI is InChI=1S/C8H9N3O2S/c1-3-13-8(12)6(4-9)7-10-5(2)11-14-7/h6H,3H2,1-2H3. The fourth-order valence-corrected chi connectivity index (χ4v) is 1.56. The predicted molar refractivity (Wildman–Crippen MR) is 49.6 cm³/mol. The second-order valence-corrected chi connectivity index (χ2v) is 3.28. The van der Waals surface area contributed by atoms with Crippen molar-refractivity contribution < 1.29 is 9.53 Å². The van der Waals surface area contributed by atoms with Crippen LogP contribution in [0.25, 0.3) is 0 Å². The Morgan fingerprint density at radius 3 is 2.93 bits per heavy atom. The summed E-state index contributed by atoms with van der Waals surface area (Å²) in [5.74, 6) is -0.943. The summed E-state index contributed by atoms with van der Waals surface area (Å²) in [5.41, 5.74) is 0. The normalized spacial score (nSPS) is 11.8. The van der Waals surface area contributed by atoms with Crippen molar-refractivity contribution in [2.75, 3.05) is 6.61 Å². The molecule has 0 radical (unpaired) electrons. The number of nitriles is 1. The number of carbonyl (C=O) groups is 1. The third kappa shape index (κ3) is 2.26. The second kappa shape index (κ2) is 4.67. The quantitative estimate of drug-likeness (QED) is 0.697. The van der Waals surface area contributed by atoms with Crippen molar-refractivity contribution in [3.63, 3.8) is 0 Å². The van der Waals surface area contributed by atoms with Gasteiger partial charge in [-0.15, -0.1) is 0 Å². The molecule has 1 heterocycles.